The lowest BCUT2D eigenvalue weighted by Gasteiger charge is -2.21. The molecular weight excluding hydrogens is 820 g/mol. The van der Waals surface area contributed by atoms with E-state index >= 15 is 13.2 Å². The Morgan fingerprint density at radius 2 is 0.667 bits per heavy atom. The van der Waals surface area contributed by atoms with Crippen LogP contribution >= 0.6 is 0 Å². The van der Waals surface area contributed by atoms with E-state index in [1.165, 1.54) is 12.1 Å². The van der Waals surface area contributed by atoms with Crippen molar-refractivity contribution in [3.63, 3.8) is 0 Å². The molecule has 0 fully saturated rings. The van der Waals surface area contributed by atoms with Gasteiger partial charge in [-0.2, -0.15) is 13.2 Å². The summed E-state index contributed by atoms with van der Waals surface area (Å²) in [4.78, 5) is 4.93. The second-order valence-corrected chi connectivity index (χ2v) is 16.6. The van der Waals surface area contributed by atoms with Crippen LogP contribution in [0.1, 0.15) is 5.56 Å². The molecule has 0 spiro atoms. The van der Waals surface area contributed by atoms with E-state index in [2.05, 4.69) is 114 Å². The number of halogens is 3. The number of alkyl halides is 3. The molecule has 3 nitrogen and oxygen atoms in total. The molecule has 0 amide bonds. The Kier molecular flexibility index (Phi) is 9.28. The molecule has 3 aromatic heterocycles. The Hall–Kier alpha value is -8.48. The van der Waals surface area contributed by atoms with Crippen molar-refractivity contribution in [2.75, 3.05) is 0 Å². The summed E-state index contributed by atoms with van der Waals surface area (Å²) in [5, 5.41) is 3.82. The summed E-state index contributed by atoms with van der Waals surface area (Å²) >= 11 is 0. The van der Waals surface area contributed by atoms with Crippen LogP contribution in [0.15, 0.2) is 231 Å². The number of rotatable bonds is 7. The Morgan fingerprint density at radius 1 is 0.318 bits per heavy atom. The zero-order valence-corrected chi connectivity index (χ0v) is 35.4. The van der Waals surface area contributed by atoms with Crippen LogP contribution in [0.2, 0.25) is 0 Å². The van der Waals surface area contributed by atoms with Crippen LogP contribution in [0.4, 0.5) is 13.2 Å². The van der Waals surface area contributed by atoms with Crippen LogP contribution in [0.3, 0.4) is 0 Å². The van der Waals surface area contributed by atoms with Crippen molar-refractivity contribution in [2.45, 2.75) is 6.18 Å². The van der Waals surface area contributed by atoms with E-state index in [-0.39, 0.29) is 11.3 Å². The third-order valence-electron chi connectivity index (χ3n) is 12.8. The van der Waals surface area contributed by atoms with Gasteiger partial charge in [-0.1, -0.05) is 152 Å². The third-order valence-corrected chi connectivity index (χ3v) is 12.8. The maximum atomic E-state index is 15.8. The second-order valence-electron chi connectivity index (χ2n) is 16.6. The highest BCUT2D eigenvalue weighted by Crippen LogP contribution is 2.47. The topological polar surface area (TPSA) is 22.8 Å². The Labute approximate surface area is 378 Å². The van der Waals surface area contributed by atoms with Gasteiger partial charge in [-0.3, -0.25) is 4.98 Å². The van der Waals surface area contributed by atoms with Gasteiger partial charge in [-0.15, -0.1) is 0 Å². The van der Waals surface area contributed by atoms with E-state index in [9.17, 15) is 0 Å². The first-order chi connectivity index (χ1) is 32.4. The van der Waals surface area contributed by atoms with Gasteiger partial charge < -0.3 is 9.13 Å². The number of fused-ring (bicyclic) bond motifs is 6. The summed E-state index contributed by atoms with van der Waals surface area (Å²) in [6.07, 6.45) is -3.12. The molecule has 314 valence electrons. The number of hydrogen-bond donors (Lipinski definition) is 0. The summed E-state index contributed by atoms with van der Waals surface area (Å²) in [7, 11) is 0. The molecule has 0 bridgehead atoms. The molecule has 0 radical (unpaired) electrons. The Balaban J connectivity index is 1.14. The van der Waals surface area contributed by atoms with Gasteiger partial charge in [0.15, 0.2) is 0 Å². The molecule has 0 aliphatic rings. The fourth-order valence-electron chi connectivity index (χ4n) is 9.79. The molecule has 0 atom stereocenters. The highest BCUT2D eigenvalue weighted by atomic mass is 19.4. The molecule has 0 N–H and O–H groups in total. The van der Waals surface area contributed by atoms with E-state index in [4.69, 9.17) is 4.98 Å². The maximum Gasteiger partial charge on any atom is 0.417 e. The molecule has 0 unspecified atom stereocenters. The fourth-order valence-corrected chi connectivity index (χ4v) is 9.79. The SMILES string of the molecule is FC(F)(F)c1cccc(-n2c3ccc(-c4ccccc4)cc3c3cc(-c4ccccc4)ccc32)c1-c1ncccc1-n1c2ccc(-c3ccccc3)cc2c2cc(-c3ccccc3)ccc21. The number of pyridine rings is 1. The van der Waals surface area contributed by atoms with Crippen molar-refractivity contribution in [3.05, 3.63) is 236 Å². The van der Waals surface area contributed by atoms with Gasteiger partial charge in [0.2, 0.25) is 0 Å². The van der Waals surface area contributed by atoms with E-state index in [1.54, 1.807) is 18.3 Å². The van der Waals surface area contributed by atoms with Crippen LogP contribution in [0, 0.1) is 0 Å². The van der Waals surface area contributed by atoms with Crippen molar-refractivity contribution >= 4 is 43.6 Å². The van der Waals surface area contributed by atoms with Crippen LogP contribution in [-0.2, 0) is 6.18 Å². The lowest BCUT2D eigenvalue weighted by atomic mass is 9.99. The van der Waals surface area contributed by atoms with Crippen molar-refractivity contribution in [3.8, 4) is 67.1 Å². The van der Waals surface area contributed by atoms with E-state index < -0.39 is 11.7 Å². The largest absolute Gasteiger partial charge is 0.417 e. The van der Waals surface area contributed by atoms with Gasteiger partial charge in [0.1, 0.15) is 0 Å². The average molecular weight is 858 g/mol. The summed E-state index contributed by atoms with van der Waals surface area (Å²) in [6, 6.07) is 74.1. The first-order valence-corrected chi connectivity index (χ1v) is 21.9. The Bertz CT molecular complexity index is 3580. The van der Waals surface area contributed by atoms with Crippen molar-refractivity contribution in [1.82, 2.24) is 14.1 Å². The molecule has 12 rings (SSSR count). The number of nitrogens with zero attached hydrogens (tertiary/aromatic N) is 3. The number of hydrogen-bond acceptors (Lipinski definition) is 1. The van der Waals surface area contributed by atoms with Crippen LogP contribution in [0.25, 0.3) is 111 Å². The molecule has 66 heavy (non-hydrogen) atoms. The van der Waals surface area contributed by atoms with E-state index in [0.29, 0.717) is 11.4 Å². The van der Waals surface area contributed by atoms with Crippen LogP contribution < -0.4 is 0 Å². The van der Waals surface area contributed by atoms with Crippen molar-refractivity contribution in [2.24, 2.45) is 0 Å². The smallest absolute Gasteiger partial charge is 0.309 e. The Morgan fingerprint density at radius 3 is 1.03 bits per heavy atom. The monoisotopic (exact) mass is 857 g/mol. The molecule has 0 saturated heterocycles. The minimum absolute atomic E-state index is 0.00418. The zero-order valence-electron chi connectivity index (χ0n) is 35.4. The van der Waals surface area contributed by atoms with E-state index in [0.717, 1.165) is 88.1 Å². The van der Waals surface area contributed by atoms with Gasteiger partial charge >= 0.3 is 6.18 Å². The number of aromatic nitrogens is 3. The summed E-state index contributed by atoms with van der Waals surface area (Å²) in [6.45, 7) is 0. The standard InChI is InChI=1S/C60H38F3N3/c61-60(62,63)51-23-13-24-56(65-52-30-26-43(39-15-5-1-6-16-39)35-47(52)48-36-44(27-31-53(48)65)40-17-7-2-8-18-40)58(51)59-57(25-14-34-64-59)66-54-32-28-45(41-19-9-3-10-20-41)37-49(54)50-38-46(29-33-55(50)66)42-21-11-4-12-22-42/h1-38H. The lowest BCUT2D eigenvalue weighted by molar-refractivity contribution is -0.137. The molecule has 9 aromatic carbocycles. The van der Waals surface area contributed by atoms with Crippen LogP contribution in [-0.4, -0.2) is 14.1 Å². The zero-order chi connectivity index (χ0) is 44.4. The van der Waals surface area contributed by atoms with Crippen molar-refractivity contribution in [1.29, 1.82) is 0 Å². The molecule has 12 aromatic rings. The predicted molar refractivity (Wildman–Crippen MR) is 265 cm³/mol. The fraction of sp³-hybridized carbons (Fsp3) is 0.0167. The molecule has 0 aliphatic carbocycles. The van der Waals surface area contributed by atoms with Gasteiger partial charge in [-0.25, -0.2) is 0 Å². The maximum absolute atomic E-state index is 15.8. The minimum Gasteiger partial charge on any atom is -0.309 e. The summed E-state index contributed by atoms with van der Waals surface area (Å²) < 4.78 is 51.5. The lowest BCUT2D eigenvalue weighted by Crippen LogP contribution is -2.12. The summed E-state index contributed by atoms with van der Waals surface area (Å²) in [5.41, 5.74) is 12.0. The first kappa shape index (κ1) is 39.1. The van der Waals surface area contributed by atoms with Gasteiger partial charge in [0.05, 0.1) is 44.7 Å². The highest BCUT2D eigenvalue weighted by Gasteiger charge is 2.37. The first-order valence-electron chi connectivity index (χ1n) is 21.9. The van der Waals surface area contributed by atoms with Gasteiger partial charge in [-0.05, 0) is 117 Å². The molecule has 0 aliphatic heterocycles. The third kappa shape index (κ3) is 6.57. The highest BCUT2D eigenvalue weighted by molar-refractivity contribution is 6.14. The molecule has 6 heteroatoms. The second kappa shape index (κ2) is 15.6. The van der Waals surface area contributed by atoms with Gasteiger partial charge in [0, 0.05) is 33.3 Å². The summed E-state index contributed by atoms with van der Waals surface area (Å²) in [5.74, 6) is 0. The van der Waals surface area contributed by atoms with E-state index in [1.807, 2.05) is 95.6 Å². The average Bonchev–Trinajstić information content (AvgIpc) is 3.88. The van der Waals surface area contributed by atoms with Gasteiger partial charge in [0.25, 0.3) is 0 Å². The predicted octanol–water partition coefficient (Wildman–Crippen LogP) is 16.6. The minimum atomic E-state index is -4.71. The molecule has 3 heterocycles. The molecule has 0 saturated carbocycles. The molecular formula is C60H38F3N3. The number of benzene rings is 9. The van der Waals surface area contributed by atoms with Crippen LogP contribution in [0.5, 0.6) is 0 Å². The quantitative estimate of drug-likeness (QED) is 0.157. The van der Waals surface area contributed by atoms with Crippen molar-refractivity contribution < 1.29 is 13.2 Å². The normalized spacial score (nSPS) is 11.9.